The number of amides is 1. The van der Waals surface area contributed by atoms with Gasteiger partial charge in [0.15, 0.2) is 6.10 Å². The third kappa shape index (κ3) is 4.79. The molecule has 3 aromatic rings. The summed E-state index contributed by atoms with van der Waals surface area (Å²) in [6.45, 7) is 6.66. The monoisotopic (exact) mass is 363 g/mol. The van der Waals surface area contributed by atoms with E-state index in [4.69, 9.17) is 9.47 Å². The first-order valence-electron chi connectivity index (χ1n) is 9.17. The fourth-order valence-electron chi connectivity index (χ4n) is 2.98. The minimum Gasteiger partial charge on any atom is -0.491 e. The Morgan fingerprint density at radius 2 is 1.78 bits per heavy atom. The predicted octanol–water partition coefficient (Wildman–Crippen LogP) is 4.42. The highest BCUT2D eigenvalue weighted by Crippen LogP contribution is 2.26. The number of fused-ring (bicyclic) bond motifs is 1. The van der Waals surface area contributed by atoms with E-state index in [-0.39, 0.29) is 5.91 Å². The Kier molecular flexibility index (Phi) is 5.97. The average Bonchev–Trinajstić information content (AvgIpc) is 2.66. The van der Waals surface area contributed by atoms with Crippen molar-refractivity contribution in [3.05, 3.63) is 71.8 Å². The summed E-state index contributed by atoms with van der Waals surface area (Å²) in [6, 6.07) is 19.9. The predicted molar refractivity (Wildman–Crippen MR) is 108 cm³/mol. The molecule has 0 bridgehead atoms. The molecule has 3 rings (SSSR count). The number of rotatable bonds is 7. The smallest absolute Gasteiger partial charge is 0.260 e. The summed E-state index contributed by atoms with van der Waals surface area (Å²) >= 11 is 0. The SMILES string of the molecule is Cc1ccc(OCCNC(=O)[C@H](C)Oc2cccc3ccccc23)c(C)c1. The van der Waals surface area contributed by atoms with Crippen molar-refractivity contribution in [3.8, 4) is 11.5 Å². The van der Waals surface area contributed by atoms with E-state index in [1.165, 1.54) is 5.56 Å². The summed E-state index contributed by atoms with van der Waals surface area (Å²) in [6.07, 6.45) is -0.586. The molecule has 0 unspecified atom stereocenters. The molecule has 1 atom stereocenters. The van der Waals surface area contributed by atoms with Crippen LogP contribution in [0.5, 0.6) is 11.5 Å². The zero-order valence-corrected chi connectivity index (χ0v) is 16.0. The Balaban J connectivity index is 1.50. The zero-order chi connectivity index (χ0) is 19.2. The lowest BCUT2D eigenvalue weighted by atomic mass is 10.1. The molecule has 1 amide bonds. The summed E-state index contributed by atoms with van der Waals surface area (Å²) in [7, 11) is 0. The molecule has 0 aromatic heterocycles. The van der Waals surface area contributed by atoms with Gasteiger partial charge in [0.25, 0.3) is 5.91 Å². The molecule has 0 radical (unpaired) electrons. The Bertz CT molecular complexity index is 931. The molecule has 1 N–H and O–H groups in total. The molecule has 0 saturated carbocycles. The molecule has 4 heteroatoms. The third-order valence-corrected chi connectivity index (χ3v) is 4.41. The van der Waals surface area contributed by atoms with Gasteiger partial charge in [0.1, 0.15) is 18.1 Å². The van der Waals surface area contributed by atoms with Crippen LogP contribution in [0.15, 0.2) is 60.7 Å². The molecule has 27 heavy (non-hydrogen) atoms. The average molecular weight is 363 g/mol. The molecular formula is C23H25NO3. The quantitative estimate of drug-likeness (QED) is 0.632. The standard InChI is InChI=1S/C23H25NO3/c1-16-11-12-21(17(2)15-16)26-14-13-24-23(25)18(3)27-22-10-6-8-19-7-4-5-9-20(19)22/h4-12,15,18H,13-14H2,1-3H3,(H,24,25)/t18-/m0/s1. The molecule has 0 aliphatic rings. The summed E-state index contributed by atoms with van der Waals surface area (Å²) in [5, 5.41) is 4.95. The van der Waals surface area contributed by atoms with Crippen LogP contribution in [0.2, 0.25) is 0 Å². The molecule has 140 valence electrons. The van der Waals surface area contributed by atoms with E-state index < -0.39 is 6.10 Å². The normalized spacial score (nSPS) is 11.8. The first-order valence-corrected chi connectivity index (χ1v) is 9.17. The lowest BCUT2D eigenvalue weighted by molar-refractivity contribution is -0.127. The van der Waals surface area contributed by atoms with Crippen LogP contribution in [0.4, 0.5) is 0 Å². The molecule has 3 aromatic carbocycles. The van der Waals surface area contributed by atoms with Crippen LogP contribution >= 0.6 is 0 Å². The number of hydrogen-bond acceptors (Lipinski definition) is 3. The van der Waals surface area contributed by atoms with Crippen molar-refractivity contribution >= 4 is 16.7 Å². The van der Waals surface area contributed by atoms with Gasteiger partial charge >= 0.3 is 0 Å². The van der Waals surface area contributed by atoms with E-state index in [2.05, 4.69) is 11.4 Å². The first-order chi connectivity index (χ1) is 13.0. The van der Waals surface area contributed by atoms with Gasteiger partial charge in [0.2, 0.25) is 0 Å². The molecule has 0 aliphatic heterocycles. The summed E-state index contributed by atoms with van der Waals surface area (Å²) in [5.74, 6) is 1.39. The molecule has 0 saturated heterocycles. The van der Waals surface area contributed by atoms with Crippen LogP contribution in [0.25, 0.3) is 10.8 Å². The van der Waals surface area contributed by atoms with E-state index in [1.807, 2.05) is 68.4 Å². The number of aryl methyl sites for hydroxylation is 2. The first kappa shape index (κ1) is 18.8. The Morgan fingerprint density at radius 3 is 2.59 bits per heavy atom. The number of carbonyl (C=O) groups excluding carboxylic acids is 1. The Labute approximate surface area is 160 Å². The minimum absolute atomic E-state index is 0.160. The van der Waals surface area contributed by atoms with Crippen LogP contribution in [-0.4, -0.2) is 25.2 Å². The third-order valence-electron chi connectivity index (χ3n) is 4.41. The topological polar surface area (TPSA) is 47.6 Å². The molecular weight excluding hydrogens is 338 g/mol. The molecule has 0 aliphatic carbocycles. The number of ether oxygens (including phenoxy) is 2. The van der Waals surface area contributed by atoms with E-state index in [9.17, 15) is 4.79 Å². The van der Waals surface area contributed by atoms with Crippen molar-refractivity contribution in [1.82, 2.24) is 5.32 Å². The maximum Gasteiger partial charge on any atom is 0.260 e. The van der Waals surface area contributed by atoms with Crippen molar-refractivity contribution < 1.29 is 14.3 Å². The van der Waals surface area contributed by atoms with Crippen LogP contribution in [0.1, 0.15) is 18.1 Å². The highest BCUT2D eigenvalue weighted by atomic mass is 16.5. The van der Waals surface area contributed by atoms with Crippen LogP contribution < -0.4 is 14.8 Å². The number of benzene rings is 3. The highest BCUT2D eigenvalue weighted by Gasteiger charge is 2.15. The number of carbonyl (C=O) groups is 1. The fourth-order valence-corrected chi connectivity index (χ4v) is 2.98. The van der Waals surface area contributed by atoms with Crippen molar-refractivity contribution in [3.63, 3.8) is 0 Å². The molecule has 0 spiro atoms. The van der Waals surface area contributed by atoms with E-state index >= 15 is 0 Å². The second-order valence-electron chi connectivity index (χ2n) is 6.65. The van der Waals surface area contributed by atoms with Crippen molar-refractivity contribution in [1.29, 1.82) is 0 Å². The van der Waals surface area contributed by atoms with Gasteiger partial charge in [-0.15, -0.1) is 0 Å². The molecule has 0 fully saturated rings. The second-order valence-corrected chi connectivity index (χ2v) is 6.65. The van der Waals surface area contributed by atoms with E-state index in [0.29, 0.717) is 18.9 Å². The van der Waals surface area contributed by atoms with Gasteiger partial charge in [-0.05, 0) is 43.9 Å². The van der Waals surface area contributed by atoms with Gasteiger partial charge in [-0.2, -0.15) is 0 Å². The number of hydrogen-bond donors (Lipinski definition) is 1. The lowest BCUT2D eigenvalue weighted by Gasteiger charge is -2.16. The van der Waals surface area contributed by atoms with Gasteiger partial charge in [0.05, 0.1) is 6.54 Å². The van der Waals surface area contributed by atoms with Crippen LogP contribution in [0.3, 0.4) is 0 Å². The van der Waals surface area contributed by atoms with Gasteiger partial charge in [0, 0.05) is 5.39 Å². The van der Waals surface area contributed by atoms with Crippen LogP contribution in [0, 0.1) is 13.8 Å². The maximum absolute atomic E-state index is 12.3. The lowest BCUT2D eigenvalue weighted by Crippen LogP contribution is -2.38. The van der Waals surface area contributed by atoms with Crippen molar-refractivity contribution in [2.75, 3.05) is 13.2 Å². The Hall–Kier alpha value is -3.01. The maximum atomic E-state index is 12.3. The van der Waals surface area contributed by atoms with Crippen molar-refractivity contribution in [2.45, 2.75) is 26.9 Å². The molecule has 4 nitrogen and oxygen atoms in total. The Morgan fingerprint density at radius 1 is 1.00 bits per heavy atom. The fraction of sp³-hybridized carbons (Fsp3) is 0.261. The summed E-state index contributed by atoms with van der Waals surface area (Å²) in [5.41, 5.74) is 2.29. The van der Waals surface area contributed by atoms with E-state index in [1.54, 1.807) is 6.92 Å². The second kappa shape index (κ2) is 8.58. The highest BCUT2D eigenvalue weighted by molar-refractivity contribution is 5.89. The van der Waals surface area contributed by atoms with Crippen molar-refractivity contribution in [2.24, 2.45) is 0 Å². The van der Waals surface area contributed by atoms with Gasteiger partial charge < -0.3 is 14.8 Å². The van der Waals surface area contributed by atoms with Gasteiger partial charge in [-0.25, -0.2) is 0 Å². The summed E-state index contributed by atoms with van der Waals surface area (Å²) in [4.78, 5) is 12.3. The largest absolute Gasteiger partial charge is 0.491 e. The molecule has 0 heterocycles. The van der Waals surface area contributed by atoms with E-state index in [0.717, 1.165) is 22.1 Å². The van der Waals surface area contributed by atoms with Gasteiger partial charge in [-0.1, -0.05) is 54.1 Å². The van der Waals surface area contributed by atoms with Gasteiger partial charge in [-0.3, -0.25) is 4.79 Å². The zero-order valence-electron chi connectivity index (χ0n) is 16.0. The van der Waals surface area contributed by atoms with Crippen LogP contribution in [-0.2, 0) is 4.79 Å². The number of nitrogens with one attached hydrogen (secondary N) is 1. The summed E-state index contributed by atoms with van der Waals surface area (Å²) < 4.78 is 11.6. The minimum atomic E-state index is -0.586.